The van der Waals surface area contributed by atoms with Gasteiger partial charge in [-0.25, -0.2) is 0 Å². The second kappa shape index (κ2) is 10.3. The highest BCUT2D eigenvalue weighted by molar-refractivity contribution is 6.31. The maximum Gasteiger partial charge on any atom is 0.0406 e. The first-order chi connectivity index (χ1) is 13.7. The zero-order valence-electron chi connectivity index (χ0n) is 16.2. The lowest BCUT2D eigenvalue weighted by Gasteiger charge is -2.28. The molecule has 0 unspecified atom stereocenters. The van der Waals surface area contributed by atoms with E-state index in [1.807, 2.05) is 24.3 Å². The maximum atomic E-state index is 6.09. The summed E-state index contributed by atoms with van der Waals surface area (Å²) in [5.74, 6) is 0. The topological polar surface area (TPSA) is 3.24 Å². The van der Waals surface area contributed by atoms with E-state index in [4.69, 9.17) is 23.2 Å². The van der Waals surface area contributed by atoms with Crippen LogP contribution in [0.5, 0.6) is 0 Å². The number of nitrogens with zero attached hydrogens (tertiary/aromatic N) is 1. The lowest BCUT2D eigenvalue weighted by molar-refractivity contribution is 0.259. The number of halogens is 3. The molecule has 4 rings (SSSR count). The van der Waals surface area contributed by atoms with E-state index in [2.05, 4.69) is 59.5 Å². The number of hydrogen-bond donors (Lipinski definition) is 0. The van der Waals surface area contributed by atoms with Crippen molar-refractivity contribution >= 4 is 41.2 Å². The van der Waals surface area contributed by atoms with E-state index in [0.717, 1.165) is 42.5 Å². The molecule has 0 bridgehead atoms. The van der Waals surface area contributed by atoms with Gasteiger partial charge in [0.1, 0.15) is 0 Å². The molecule has 1 nitrogen and oxygen atoms in total. The van der Waals surface area contributed by atoms with Crippen molar-refractivity contribution in [3.05, 3.63) is 111 Å². The Morgan fingerprint density at radius 2 is 1.34 bits per heavy atom. The highest BCUT2D eigenvalue weighted by Crippen LogP contribution is 2.27. The third-order valence-electron chi connectivity index (χ3n) is 5.31. The molecule has 150 valence electrons. The summed E-state index contributed by atoms with van der Waals surface area (Å²) in [6.07, 6.45) is 4.48. The minimum Gasteiger partial charge on any atom is -0.298 e. The normalized spacial score (nSPS) is 13.3. The predicted molar refractivity (Wildman–Crippen MR) is 127 cm³/mol. The molecule has 3 aromatic rings. The van der Waals surface area contributed by atoms with Gasteiger partial charge in [-0.2, -0.15) is 0 Å². The highest BCUT2D eigenvalue weighted by atomic mass is 35.5. The standard InChI is InChI=1S/C25H23Cl2N.ClH/c26-23-11-7-20(8-12-23)25(21-9-13-24(27)14-10-21)6-3-16-28-17-15-19-4-1-2-5-22(19)18-28;/h1-2,4-14H,3,15-18H2;1H. The van der Waals surface area contributed by atoms with E-state index in [0.29, 0.717) is 0 Å². The first kappa shape index (κ1) is 21.9. The van der Waals surface area contributed by atoms with Gasteiger partial charge in [-0.15, -0.1) is 12.4 Å². The zero-order chi connectivity index (χ0) is 19.3. The van der Waals surface area contributed by atoms with Crippen molar-refractivity contribution in [1.82, 2.24) is 4.90 Å². The van der Waals surface area contributed by atoms with Crippen molar-refractivity contribution < 1.29 is 0 Å². The van der Waals surface area contributed by atoms with Crippen LogP contribution in [0.1, 0.15) is 28.7 Å². The minimum absolute atomic E-state index is 0. The second-order valence-corrected chi connectivity index (χ2v) is 8.09. The van der Waals surface area contributed by atoms with Crippen LogP contribution in [-0.2, 0) is 13.0 Å². The first-order valence-corrected chi connectivity index (χ1v) is 10.5. The molecule has 1 heterocycles. The number of fused-ring (bicyclic) bond motifs is 1. The van der Waals surface area contributed by atoms with Gasteiger partial charge in [0.15, 0.2) is 0 Å². The van der Waals surface area contributed by atoms with Crippen molar-refractivity contribution in [2.75, 3.05) is 13.1 Å². The van der Waals surface area contributed by atoms with Crippen molar-refractivity contribution in [2.45, 2.75) is 19.4 Å². The molecule has 0 aliphatic carbocycles. The highest BCUT2D eigenvalue weighted by Gasteiger charge is 2.15. The van der Waals surface area contributed by atoms with E-state index in [1.54, 1.807) is 0 Å². The van der Waals surface area contributed by atoms with Gasteiger partial charge in [-0.05, 0) is 64.9 Å². The Balaban J connectivity index is 0.00000240. The van der Waals surface area contributed by atoms with E-state index >= 15 is 0 Å². The molecule has 1 aliphatic rings. The van der Waals surface area contributed by atoms with Gasteiger partial charge in [-0.3, -0.25) is 4.90 Å². The summed E-state index contributed by atoms with van der Waals surface area (Å²) in [4.78, 5) is 2.54. The van der Waals surface area contributed by atoms with Crippen LogP contribution in [-0.4, -0.2) is 18.0 Å². The van der Waals surface area contributed by atoms with Crippen LogP contribution in [0.3, 0.4) is 0 Å². The van der Waals surface area contributed by atoms with Crippen LogP contribution in [0.15, 0.2) is 78.9 Å². The quantitative estimate of drug-likeness (QED) is 0.399. The zero-order valence-corrected chi connectivity index (χ0v) is 18.5. The Bertz CT molecular complexity index is 915. The molecule has 0 saturated carbocycles. The fourth-order valence-corrected chi connectivity index (χ4v) is 4.05. The molecule has 3 aromatic carbocycles. The summed E-state index contributed by atoms with van der Waals surface area (Å²) >= 11 is 12.2. The summed E-state index contributed by atoms with van der Waals surface area (Å²) in [7, 11) is 0. The van der Waals surface area contributed by atoms with Gasteiger partial charge in [-0.1, -0.05) is 77.8 Å². The van der Waals surface area contributed by atoms with Crippen molar-refractivity contribution in [1.29, 1.82) is 0 Å². The van der Waals surface area contributed by atoms with Crippen molar-refractivity contribution in [3.63, 3.8) is 0 Å². The Labute approximate surface area is 189 Å². The molecule has 29 heavy (non-hydrogen) atoms. The van der Waals surface area contributed by atoms with Crippen LogP contribution < -0.4 is 0 Å². The van der Waals surface area contributed by atoms with Crippen LogP contribution in [0.25, 0.3) is 5.57 Å². The Morgan fingerprint density at radius 3 is 1.93 bits per heavy atom. The van der Waals surface area contributed by atoms with E-state index < -0.39 is 0 Å². The number of rotatable bonds is 5. The third kappa shape index (κ3) is 5.65. The molecular weight excluding hydrogens is 421 g/mol. The molecule has 4 heteroatoms. The van der Waals surface area contributed by atoms with Crippen LogP contribution in [0.2, 0.25) is 10.0 Å². The van der Waals surface area contributed by atoms with E-state index in [9.17, 15) is 0 Å². The van der Waals surface area contributed by atoms with Gasteiger partial charge in [0, 0.05) is 29.7 Å². The molecule has 0 spiro atoms. The van der Waals surface area contributed by atoms with Gasteiger partial charge in [0.25, 0.3) is 0 Å². The van der Waals surface area contributed by atoms with Gasteiger partial charge < -0.3 is 0 Å². The second-order valence-electron chi connectivity index (χ2n) is 7.22. The molecule has 0 atom stereocenters. The fraction of sp³-hybridized carbons (Fsp3) is 0.200. The van der Waals surface area contributed by atoms with Crippen LogP contribution in [0, 0.1) is 0 Å². The third-order valence-corrected chi connectivity index (χ3v) is 5.82. The molecule has 0 fully saturated rings. The average Bonchev–Trinajstić information content (AvgIpc) is 2.73. The summed E-state index contributed by atoms with van der Waals surface area (Å²) in [6, 6.07) is 24.9. The monoisotopic (exact) mass is 443 g/mol. The molecule has 0 saturated heterocycles. The number of benzene rings is 3. The van der Waals surface area contributed by atoms with Crippen molar-refractivity contribution in [3.8, 4) is 0 Å². The van der Waals surface area contributed by atoms with Crippen LogP contribution in [0.4, 0.5) is 0 Å². The number of hydrogen-bond acceptors (Lipinski definition) is 1. The Kier molecular flexibility index (Phi) is 7.80. The van der Waals surface area contributed by atoms with Gasteiger partial charge >= 0.3 is 0 Å². The SMILES string of the molecule is Cl.Clc1ccc(C(=CCCN2CCc3ccccc3C2)c2ccc(Cl)cc2)cc1. The first-order valence-electron chi connectivity index (χ1n) is 9.70. The molecule has 0 radical (unpaired) electrons. The summed E-state index contributed by atoms with van der Waals surface area (Å²) < 4.78 is 0. The van der Waals surface area contributed by atoms with Gasteiger partial charge in [0.2, 0.25) is 0 Å². The largest absolute Gasteiger partial charge is 0.298 e. The van der Waals surface area contributed by atoms with E-state index in [-0.39, 0.29) is 12.4 Å². The summed E-state index contributed by atoms with van der Waals surface area (Å²) in [5, 5.41) is 1.51. The maximum absolute atomic E-state index is 6.09. The Hall–Kier alpha value is -1.77. The molecule has 0 N–H and O–H groups in total. The van der Waals surface area contributed by atoms with E-state index in [1.165, 1.54) is 27.8 Å². The smallest absolute Gasteiger partial charge is 0.0406 e. The predicted octanol–water partition coefficient (Wildman–Crippen LogP) is 7.30. The average molecular weight is 445 g/mol. The molecule has 0 amide bonds. The van der Waals surface area contributed by atoms with Gasteiger partial charge in [0.05, 0.1) is 0 Å². The minimum atomic E-state index is 0. The summed E-state index contributed by atoms with van der Waals surface area (Å²) in [5.41, 5.74) is 6.54. The lowest BCUT2D eigenvalue weighted by Crippen LogP contribution is -2.31. The summed E-state index contributed by atoms with van der Waals surface area (Å²) in [6.45, 7) is 3.22. The molecule has 1 aliphatic heterocycles. The lowest BCUT2D eigenvalue weighted by atomic mass is 9.96. The fourth-order valence-electron chi connectivity index (χ4n) is 3.80. The Morgan fingerprint density at radius 1 is 0.793 bits per heavy atom. The van der Waals surface area contributed by atoms with Crippen molar-refractivity contribution in [2.24, 2.45) is 0 Å². The molecule has 0 aromatic heterocycles. The van der Waals surface area contributed by atoms with Crippen LogP contribution >= 0.6 is 35.6 Å². The molecular formula is C25H24Cl3N.